The van der Waals surface area contributed by atoms with Crippen LogP contribution < -0.4 is 0 Å². The smallest absolute Gasteiger partial charge is 0.189 e. The first-order valence-electron chi connectivity index (χ1n) is 7.08. The molecule has 0 bridgehead atoms. The molecule has 0 aromatic rings. The summed E-state index contributed by atoms with van der Waals surface area (Å²) in [5, 5.41) is 76.4. The van der Waals surface area contributed by atoms with Gasteiger partial charge in [-0.25, -0.2) is 0 Å². The van der Waals surface area contributed by atoms with Crippen LogP contribution in [0.3, 0.4) is 0 Å². The van der Waals surface area contributed by atoms with Gasteiger partial charge in [-0.3, -0.25) is 0 Å². The van der Waals surface area contributed by atoms with Crippen molar-refractivity contribution in [3.05, 3.63) is 0 Å². The van der Waals surface area contributed by atoms with Gasteiger partial charge in [0.15, 0.2) is 12.6 Å². The summed E-state index contributed by atoms with van der Waals surface area (Å²) >= 11 is 0. The molecule has 2 aliphatic rings. The lowest BCUT2D eigenvalue weighted by Crippen LogP contribution is -2.63. The summed E-state index contributed by atoms with van der Waals surface area (Å²) in [6.07, 6.45) is -15.6. The summed E-state index contributed by atoms with van der Waals surface area (Å²) in [7, 11) is 0. The van der Waals surface area contributed by atoms with E-state index in [1.165, 1.54) is 0 Å². The van der Waals surface area contributed by atoms with Crippen molar-refractivity contribution in [1.29, 1.82) is 0 Å². The third-order valence-corrected chi connectivity index (χ3v) is 3.97. The van der Waals surface area contributed by atoms with Gasteiger partial charge in [0.05, 0.1) is 13.2 Å². The van der Waals surface area contributed by atoms with Crippen molar-refractivity contribution in [3.63, 3.8) is 0 Å². The maximum absolute atomic E-state index is 9.84. The van der Waals surface area contributed by atoms with Crippen molar-refractivity contribution in [3.8, 4) is 0 Å². The van der Waals surface area contributed by atoms with Gasteiger partial charge < -0.3 is 55.1 Å². The van der Waals surface area contributed by atoms with Gasteiger partial charge in [0.25, 0.3) is 0 Å². The molecule has 2 heterocycles. The Kier molecular flexibility index (Phi) is 6.27. The van der Waals surface area contributed by atoms with E-state index in [4.69, 9.17) is 24.4 Å². The van der Waals surface area contributed by atoms with Crippen LogP contribution in [0.1, 0.15) is 0 Å². The standard InChI is InChI=1S/C12H22O11/c13-1-3-5(15)7(17)9(19)11(21-3)23-12-10(20)8(18)6(16)4(2-14)22-12/h3-20H,1-2H2/t3-,4+,5+,6-,7-,8+,9-,10+,11-,12+. The monoisotopic (exact) mass is 342 g/mol. The van der Waals surface area contributed by atoms with Crippen LogP contribution in [-0.2, 0) is 14.2 Å². The van der Waals surface area contributed by atoms with Crippen LogP contribution in [-0.4, -0.2) is 115 Å². The minimum atomic E-state index is -1.72. The molecule has 8 N–H and O–H groups in total. The highest BCUT2D eigenvalue weighted by Gasteiger charge is 2.49. The van der Waals surface area contributed by atoms with Crippen molar-refractivity contribution < 1.29 is 55.1 Å². The number of rotatable bonds is 4. The molecule has 0 aromatic heterocycles. The highest BCUT2D eigenvalue weighted by Crippen LogP contribution is 2.27. The molecule has 0 unspecified atom stereocenters. The molecule has 0 amide bonds. The first-order valence-corrected chi connectivity index (χ1v) is 7.08. The fraction of sp³-hybridized carbons (Fsp3) is 1.00. The third-order valence-electron chi connectivity index (χ3n) is 3.97. The van der Waals surface area contributed by atoms with Gasteiger partial charge >= 0.3 is 0 Å². The predicted molar refractivity (Wildman–Crippen MR) is 68.6 cm³/mol. The summed E-state index contributed by atoms with van der Waals surface area (Å²) < 4.78 is 15.3. The zero-order valence-corrected chi connectivity index (χ0v) is 12.0. The highest BCUT2D eigenvalue weighted by molar-refractivity contribution is 4.92. The zero-order chi connectivity index (χ0) is 17.3. The van der Waals surface area contributed by atoms with E-state index in [1.54, 1.807) is 0 Å². The van der Waals surface area contributed by atoms with E-state index in [2.05, 4.69) is 0 Å². The Hall–Kier alpha value is -0.440. The molecule has 0 radical (unpaired) electrons. The summed E-state index contributed by atoms with van der Waals surface area (Å²) in [5.41, 5.74) is 0. The van der Waals surface area contributed by atoms with Crippen LogP contribution in [0.25, 0.3) is 0 Å². The Balaban J connectivity index is 2.07. The number of hydrogen-bond donors (Lipinski definition) is 8. The van der Waals surface area contributed by atoms with Crippen LogP contribution in [0.2, 0.25) is 0 Å². The number of ether oxygens (including phenoxy) is 3. The SMILES string of the molecule is OC[C@@H]1O[C@@H](O[C@H]2O[C@H](CO)[C@H](O)[C@@H](O)[C@H]2O)[C@@H](O)[C@@H](O)[C@@H]1O. The summed E-state index contributed by atoms with van der Waals surface area (Å²) in [6, 6.07) is 0. The molecule has 0 spiro atoms. The Labute approximate surface area is 130 Å². The van der Waals surface area contributed by atoms with E-state index in [0.29, 0.717) is 0 Å². The highest BCUT2D eigenvalue weighted by atomic mass is 16.8. The van der Waals surface area contributed by atoms with Crippen molar-refractivity contribution >= 4 is 0 Å². The fourth-order valence-corrected chi connectivity index (χ4v) is 2.49. The van der Waals surface area contributed by atoms with Gasteiger partial charge in [-0.1, -0.05) is 0 Å². The lowest BCUT2D eigenvalue weighted by molar-refractivity contribution is -0.376. The topological polar surface area (TPSA) is 190 Å². The van der Waals surface area contributed by atoms with Crippen molar-refractivity contribution in [2.45, 2.75) is 61.4 Å². The second kappa shape index (κ2) is 7.63. The lowest BCUT2D eigenvalue weighted by Gasteiger charge is -2.44. The minimum absolute atomic E-state index is 0.667. The normalized spacial score (nSPS) is 51.7. The van der Waals surface area contributed by atoms with Crippen LogP contribution in [0, 0.1) is 0 Å². The molecule has 0 saturated carbocycles. The zero-order valence-electron chi connectivity index (χ0n) is 12.0. The number of aliphatic hydroxyl groups is 8. The van der Waals surface area contributed by atoms with E-state index in [0.717, 1.165) is 0 Å². The molecular weight excluding hydrogens is 320 g/mol. The van der Waals surface area contributed by atoms with Gasteiger partial charge in [0.1, 0.15) is 48.8 Å². The van der Waals surface area contributed by atoms with E-state index >= 15 is 0 Å². The first kappa shape index (κ1) is 18.9. The molecule has 23 heavy (non-hydrogen) atoms. The van der Waals surface area contributed by atoms with Crippen LogP contribution in [0.5, 0.6) is 0 Å². The molecule has 2 saturated heterocycles. The molecule has 11 heteroatoms. The van der Waals surface area contributed by atoms with Gasteiger partial charge in [0.2, 0.25) is 0 Å². The lowest BCUT2D eigenvalue weighted by atomic mass is 9.98. The Morgan fingerprint density at radius 2 is 0.913 bits per heavy atom. The van der Waals surface area contributed by atoms with Crippen molar-refractivity contribution in [2.75, 3.05) is 13.2 Å². The molecule has 0 aromatic carbocycles. The summed E-state index contributed by atoms with van der Waals surface area (Å²) in [6.45, 7) is -1.33. The Bertz CT molecular complexity index is 344. The molecule has 136 valence electrons. The Morgan fingerprint density at radius 3 is 1.22 bits per heavy atom. The molecule has 0 aliphatic carbocycles. The maximum atomic E-state index is 9.84. The predicted octanol–water partition coefficient (Wildman–Crippen LogP) is -5.40. The maximum Gasteiger partial charge on any atom is 0.189 e. The summed E-state index contributed by atoms with van der Waals surface area (Å²) in [4.78, 5) is 0. The van der Waals surface area contributed by atoms with Gasteiger partial charge in [-0.2, -0.15) is 0 Å². The largest absolute Gasteiger partial charge is 0.394 e. The van der Waals surface area contributed by atoms with E-state index in [9.17, 15) is 30.6 Å². The third kappa shape index (κ3) is 3.65. The summed E-state index contributed by atoms with van der Waals surface area (Å²) in [5.74, 6) is 0. The molecule has 11 nitrogen and oxygen atoms in total. The molecule has 10 atom stereocenters. The van der Waals surface area contributed by atoms with Gasteiger partial charge in [-0.05, 0) is 0 Å². The number of aliphatic hydroxyl groups excluding tert-OH is 8. The van der Waals surface area contributed by atoms with E-state index in [-0.39, 0.29) is 0 Å². The average molecular weight is 342 g/mol. The van der Waals surface area contributed by atoms with E-state index in [1.807, 2.05) is 0 Å². The molecule has 2 rings (SSSR count). The molecule has 2 fully saturated rings. The Morgan fingerprint density at radius 1 is 0.565 bits per heavy atom. The quantitative estimate of drug-likeness (QED) is 0.243. The second-order valence-corrected chi connectivity index (χ2v) is 5.53. The van der Waals surface area contributed by atoms with Gasteiger partial charge in [0, 0.05) is 0 Å². The fourth-order valence-electron chi connectivity index (χ4n) is 2.49. The molecule has 2 aliphatic heterocycles. The average Bonchev–Trinajstić information content (AvgIpc) is 2.55. The molecular formula is C12H22O11. The van der Waals surface area contributed by atoms with Crippen LogP contribution >= 0.6 is 0 Å². The van der Waals surface area contributed by atoms with Crippen molar-refractivity contribution in [2.24, 2.45) is 0 Å². The van der Waals surface area contributed by atoms with Gasteiger partial charge in [-0.15, -0.1) is 0 Å². The second-order valence-electron chi connectivity index (χ2n) is 5.53. The minimum Gasteiger partial charge on any atom is -0.394 e. The van der Waals surface area contributed by atoms with Crippen molar-refractivity contribution in [1.82, 2.24) is 0 Å². The van der Waals surface area contributed by atoms with Crippen LogP contribution in [0.4, 0.5) is 0 Å². The number of hydrogen-bond acceptors (Lipinski definition) is 11. The van der Waals surface area contributed by atoms with E-state index < -0.39 is 74.6 Å². The van der Waals surface area contributed by atoms with Crippen LogP contribution in [0.15, 0.2) is 0 Å². The first-order chi connectivity index (χ1) is 10.8.